The topological polar surface area (TPSA) is 43.8 Å². The van der Waals surface area contributed by atoms with E-state index >= 15 is 0 Å². The third kappa shape index (κ3) is 5.60. The first-order valence-corrected chi connectivity index (χ1v) is 4.65. The van der Waals surface area contributed by atoms with Gasteiger partial charge < -0.3 is 14.9 Å². The van der Waals surface area contributed by atoms with Crippen molar-refractivity contribution in [3.05, 3.63) is 0 Å². The molecular weight excluding hydrogens is 168 g/mol. The van der Waals surface area contributed by atoms with Crippen LogP contribution in [-0.4, -0.2) is 61.2 Å². The van der Waals surface area contributed by atoms with Gasteiger partial charge >= 0.3 is 0 Å². The lowest BCUT2D eigenvalue weighted by molar-refractivity contribution is -0.131. The Bertz CT molecular complexity index is 149. The van der Waals surface area contributed by atoms with E-state index in [0.29, 0.717) is 19.5 Å². The van der Waals surface area contributed by atoms with Crippen molar-refractivity contribution in [2.75, 3.05) is 40.3 Å². The predicted molar refractivity (Wildman–Crippen MR) is 52.5 cm³/mol. The first-order chi connectivity index (χ1) is 6.11. The summed E-state index contributed by atoms with van der Waals surface area (Å²) >= 11 is 0. The Balaban J connectivity index is 3.77. The van der Waals surface area contributed by atoms with E-state index in [1.165, 1.54) is 0 Å². The number of aliphatic hydroxyl groups excluding tert-OH is 1. The van der Waals surface area contributed by atoms with E-state index in [0.717, 1.165) is 6.54 Å². The van der Waals surface area contributed by atoms with Crippen LogP contribution < -0.4 is 0 Å². The summed E-state index contributed by atoms with van der Waals surface area (Å²) in [7, 11) is 3.88. The lowest BCUT2D eigenvalue weighted by Crippen LogP contribution is -2.35. The van der Waals surface area contributed by atoms with Crippen molar-refractivity contribution in [2.45, 2.75) is 13.3 Å². The SMILES string of the molecule is CCN(CCO)C(=O)CCN(C)C. The second-order valence-corrected chi connectivity index (χ2v) is 3.25. The normalized spacial score (nSPS) is 10.5. The molecule has 0 aromatic carbocycles. The lowest BCUT2D eigenvalue weighted by Gasteiger charge is -2.20. The summed E-state index contributed by atoms with van der Waals surface area (Å²) in [4.78, 5) is 15.1. The van der Waals surface area contributed by atoms with Crippen molar-refractivity contribution in [3.8, 4) is 0 Å². The van der Waals surface area contributed by atoms with Crippen LogP contribution in [0.1, 0.15) is 13.3 Å². The lowest BCUT2D eigenvalue weighted by atomic mass is 10.3. The molecule has 4 nitrogen and oxygen atoms in total. The molecule has 78 valence electrons. The van der Waals surface area contributed by atoms with Crippen molar-refractivity contribution in [1.29, 1.82) is 0 Å². The molecule has 4 heteroatoms. The number of rotatable bonds is 6. The molecule has 0 saturated carbocycles. The highest BCUT2D eigenvalue weighted by Crippen LogP contribution is 1.94. The summed E-state index contributed by atoms with van der Waals surface area (Å²) in [5.74, 6) is 0.116. The first-order valence-electron chi connectivity index (χ1n) is 4.65. The Hall–Kier alpha value is -0.610. The molecular formula is C9H20N2O2. The summed E-state index contributed by atoms with van der Waals surface area (Å²) in [6.07, 6.45) is 0.529. The van der Waals surface area contributed by atoms with Crippen molar-refractivity contribution in [2.24, 2.45) is 0 Å². The van der Waals surface area contributed by atoms with Crippen molar-refractivity contribution >= 4 is 5.91 Å². The molecule has 0 aliphatic carbocycles. The van der Waals surface area contributed by atoms with E-state index in [4.69, 9.17) is 5.11 Å². The number of aliphatic hydroxyl groups is 1. The smallest absolute Gasteiger partial charge is 0.223 e. The molecule has 0 aliphatic heterocycles. The number of nitrogens with zero attached hydrogens (tertiary/aromatic N) is 2. The average Bonchev–Trinajstić information content (AvgIpc) is 2.10. The summed E-state index contributed by atoms with van der Waals surface area (Å²) in [5.41, 5.74) is 0. The van der Waals surface area contributed by atoms with E-state index in [9.17, 15) is 4.79 Å². The number of likely N-dealkylation sites (N-methyl/N-ethyl adjacent to an activating group) is 1. The highest BCUT2D eigenvalue weighted by molar-refractivity contribution is 5.76. The van der Waals surface area contributed by atoms with E-state index in [2.05, 4.69) is 0 Å². The number of hydrogen-bond acceptors (Lipinski definition) is 3. The van der Waals surface area contributed by atoms with Crippen LogP contribution in [0.3, 0.4) is 0 Å². The molecule has 0 aromatic heterocycles. The Morgan fingerprint density at radius 3 is 2.31 bits per heavy atom. The zero-order valence-corrected chi connectivity index (χ0v) is 8.79. The molecule has 0 atom stereocenters. The Labute approximate surface area is 80.1 Å². The van der Waals surface area contributed by atoms with Gasteiger partial charge in [0.1, 0.15) is 0 Å². The fraction of sp³-hybridized carbons (Fsp3) is 0.889. The Kier molecular flexibility index (Phi) is 6.54. The maximum Gasteiger partial charge on any atom is 0.223 e. The average molecular weight is 188 g/mol. The summed E-state index contributed by atoms with van der Waals surface area (Å²) in [6.45, 7) is 3.85. The molecule has 13 heavy (non-hydrogen) atoms. The van der Waals surface area contributed by atoms with Crippen LogP contribution >= 0.6 is 0 Å². The number of carbonyl (C=O) groups is 1. The first kappa shape index (κ1) is 12.4. The summed E-state index contributed by atoms with van der Waals surface area (Å²) in [5, 5.41) is 8.69. The monoisotopic (exact) mass is 188 g/mol. The van der Waals surface area contributed by atoms with Crippen LogP contribution in [0.25, 0.3) is 0 Å². The number of carbonyl (C=O) groups excluding carboxylic acids is 1. The van der Waals surface area contributed by atoms with Gasteiger partial charge in [0, 0.05) is 26.1 Å². The van der Waals surface area contributed by atoms with Crippen LogP contribution in [0.4, 0.5) is 0 Å². The van der Waals surface area contributed by atoms with Gasteiger partial charge in [0.15, 0.2) is 0 Å². The second kappa shape index (κ2) is 6.86. The molecule has 0 aliphatic rings. The number of hydrogen-bond donors (Lipinski definition) is 1. The third-order valence-electron chi connectivity index (χ3n) is 1.88. The molecule has 0 heterocycles. The van der Waals surface area contributed by atoms with Gasteiger partial charge in [-0.3, -0.25) is 4.79 Å². The predicted octanol–water partition coefficient (Wildman–Crippen LogP) is -0.221. The standard InChI is InChI=1S/C9H20N2O2/c1-4-11(7-8-12)9(13)5-6-10(2)3/h12H,4-8H2,1-3H3. The Morgan fingerprint density at radius 2 is 1.92 bits per heavy atom. The summed E-state index contributed by atoms with van der Waals surface area (Å²) in [6, 6.07) is 0. The molecule has 0 spiro atoms. The minimum absolute atomic E-state index is 0.0432. The largest absolute Gasteiger partial charge is 0.395 e. The van der Waals surface area contributed by atoms with Gasteiger partial charge in [-0.1, -0.05) is 0 Å². The zero-order valence-electron chi connectivity index (χ0n) is 8.79. The van der Waals surface area contributed by atoms with Crippen molar-refractivity contribution in [3.63, 3.8) is 0 Å². The molecule has 0 radical (unpaired) electrons. The molecule has 0 fully saturated rings. The second-order valence-electron chi connectivity index (χ2n) is 3.25. The molecule has 0 rings (SSSR count). The van der Waals surface area contributed by atoms with E-state index in [1.807, 2.05) is 25.9 Å². The van der Waals surface area contributed by atoms with Gasteiger partial charge in [-0.15, -0.1) is 0 Å². The zero-order chi connectivity index (χ0) is 10.3. The molecule has 0 unspecified atom stereocenters. The van der Waals surface area contributed by atoms with Crippen LogP contribution in [0.5, 0.6) is 0 Å². The summed E-state index contributed by atoms with van der Waals surface area (Å²) < 4.78 is 0. The van der Waals surface area contributed by atoms with Gasteiger partial charge in [0.05, 0.1) is 6.61 Å². The third-order valence-corrected chi connectivity index (χ3v) is 1.88. The highest BCUT2D eigenvalue weighted by Gasteiger charge is 2.10. The molecule has 0 aromatic rings. The van der Waals surface area contributed by atoms with Gasteiger partial charge in [-0.2, -0.15) is 0 Å². The van der Waals surface area contributed by atoms with Gasteiger partial charge in [0.25, 0.3) is 0 Å². The molecule has 1 N–H and O–H groups in total. The van der Waals surface area contributed by atoms with E-state index < -0.39 is 0 Å². The van der Waals surface area contributed by atoms with Crippen LogP contribution in [0.15, 0.2) is 0 Å². The maximum atomic E-state index is 11.5. The molecule has 1 amide bonds. The minimum atomic E-state index is 0.0432. The molecule has 0 bridgehead atoms. The van der Waals surface area contributed by atoms with Crippen LogP contribution in [-0.2, 0) is 4.79 Å². The minimum Gasteiger partial charge on any atom is -0.395 e. The number of amides is 1. The fourth-order valence-electron chi connectivity index (χ4n) is 1.06. The van der Waals surface area contributed by atoms with E-state index in [1.54, 1.807) is 4.90 Å². The van der Waals surface area contributed by atoms with Gasteiger partial charge in [0.2, 0.25) is 5.91 Å². The maximum absolute atomic E-state index is 11.5. The van der Waals surface area contributed by atoms with Gasteiger partial charge in [-0.25, -0.2) is 0 Å². The van der Waals surface area contributed by atoms with Crippen LogP contribution in [0.2, 0.25) is 0 Å². The quantitative estimate of drug-likeness (QED) is 0.626. The van der Waals surface area contributed by atoms with Gasteiger partial charge in [-0.05, 0) is 21.0 Å². The van der Waals surface area contributed by atoms with E-state index in [-0.39, 0.29) is 12.5 Å². The highest BCUT2D eigenvalue weighted by atomic mass is 16.3. The van der Waals surface area contributed by atoms with Crippen molar-refractivity contribution in [1.82, 2.24) is 9.80 Å². The van der Waals surface area contributed by atoms with Crippen LogP contribution in [0, 0.1) is 0 Å². The fourth-order valence-corrected chi connectivity index (χ4v) is 1.06. The Morgan fingerprint density at radius 1 is 1.31 bits per heavy atom. The molecule has 0 saturated heterocycles. The van der Waals surface area contributed by atoms with Crippen molar-refractivity contribution < 1.29 is 9.90 Å².